The number of nitrogen functional groups attached to an aromatic ring is 1. The van der Waals surface area contributed by atoms with Crippen molar-refractivity contribution in [2.45, 2.75) is 0 Å². The standard InChI is InChI=1S/C10H7BrF3N3/c1-17-10(15)5(3-16-17)4-2-6(12)9(14)7(11)8(4)13/h2-3H,15H2,1H3. The Bertz CT molecular complexity index is 595. The molecule has 0 bridgehead atoms. The molecule has 3 nitrogen and oxygen atoms in total. The van der Waals surface area contributed by atoms with Crippen LogP contribution in [-0.4, -0.2) is 9.78 Å². The molecule has 0 unspecified atom stereocenters. The molecule has 0 fully saturated rings. The zero-order chi connectivity index (χ0) is 12.7. The number of benzene rings is 1. The molecular formula is C10H7BrF3N3. The third-order valence-electron chi connectivity index (χ3n) is 2.38. The van der Waals surface area contributed by atoms with Crippen LogP contribution in [0.4, 0.5) is 19.0 Å². The summed E-state index contributed by atoms with van der Waals surface area (Å²) in [7, 11) is 1.56. The summed E-state index contributed by atoms with van der Waals surface area (Å²) in [6.45, 7) is 0. The Morgan fingerprint density at radius 2 is 1.88 bits per heavy atom. The molecule has 90 valence electrons. The minimum atomic E-state index is -1.27. The molecule has 2 aromatic rings. The lowest BCUT2D eigenvalue weighted by molar-refractivity contribution is 0.489. The molecule has 17 heavy (non-hydrogen) atoms. The Balaban J connectivity index is 2.73. The van der Waals surface area contributed by atoms with Gasteiger partial charge < -0.3 is 5.73 Å². The van der Waals surface area contributed by atoms with Crippen molar-refractivity contribution >= 4 is 21.7 Å². The van der Waals surface area contributed by atoms with Gasteiger partial charge in [0.15, 0.2) is 11.6 Å². The molecule has 0 saturated heterocycles. The Morgan fingerprint density at radius 3 is 2.41 bits per heavy atom. The van der Waals surface area contributed by atoms with Gasteiger partial charge in [-0.2, -0.15) is 5.10 Å². The van der Waals surface area contributed by atoms with E-state index in [-0.39, 0.29) is 16.9 Å². The summed E-state index contributed by atoms with van der Waals surface area (Å²) in [6, 6.07) is 0.753. The first kappa shape index (κ1) is 12.0. The third-order valence-corrected chi connectivity index (χ3v) is 3.07. The first-order valence-corrected chi connectivity index (χ1v) is 5.33. The first-order valence-electron chi connectivity index (χ1n) is 4.54. The molecule has 2 N–H and O–H groups in total. The van der Waals surface area contributed by atoms with Crippen molar-refractivity contribution in [2.24, 2.45) is 7.05 Å². The highest BCUT2D eigenvalue weighted by Gasteiger charge is 2.20. The molecule has 0 aliphatic carbocycles. The summed E-state index contributed by atoms with van der Waals surface area (Å²) in [5.74, 6) is -3.17. The van der Waals surface area contributed by atoms with Crippen molar-refractivity contribution in [3.8, 4) is 11.1 Å². The number of nitrogens with two attached hydrogens (primary N) is 1. The van der Waals surface area contributed by atoms with Crippen LogP contribution in [0.15, 0.2) is 16.7 Å². The second-order valence-corrected chi connectivity index (χ2v) is 4.21. The predicted octanol–water partition coefficient (Wildman–Crippen LogP) is 2.85. The van der Waals surface area contributed by atoms with Gasteiger partial charge in [-0.15, -0.1) is 0 Å². The average molecular weight is 306 g/mol. The molecule has 0 spiro atoms. The number of aromatic nitrogens is 2. The molecule has 2 rings (SSSR count). The molecule has 1 heterocycles. The fraction of sp³-hybridized carbons (Fsp3) is 0.100. The Kier molecular flexibility index (Phi) is 2.86. The maximum Gasteiger partial charge on any atom is 0.175 e. The van der Waals surface area contributed by atoms with Crippen molar-refractivity contribution in [1.29, 1.82) is 0 Å². The van der Waals surface area contributed by atoms with Crippen molar-refractivity contribution < 1.29 is 13.2 Å². The van der Waals surface area contributed by atoms with Gasteiger partial charge in [0.05, 0.1) is 10.7 Å². The molecule has 1 aromatic carbocycles. The fourth-order valence-electron chi connectivity index (χ4n) is 1.42. The second kappa shape index (κ2) is 4.06. The monoisotopic (exact) mass is 305 g/mol. The van der Waals surface area contributed by atoms with Crippen LogP contribution in [0.2, 0.25) is 0 Å². The minimum Gasteiger partial charge on any atom is -0.383 e. The van der Waals surface area contributed by atoms with Gasteiger partial charge in [-0.05, 0) is 22.0 Å². The normalized spacial score (nSPS) is 10.9. The van der Waals surface area contributed by atoms with Gasteiger partial charge in [-0.25, -0.2) is 13.2 Å². The van der Waals surface area contributed by atoms with Gasteiger partial charge in [0.2, 0.25) is 0 Å². The van der Waals surface area contributed by atoms with Crippen LogP contribution in [0.25, 0.3) is 11.1 Å². The number of aryl methyl sites for hydroxylation is 1. The lowest BCUT2D eigenvalue weighted by Gasteiger charge is -2.06. The second-order valence-electron chi connectivity index (χ2n) is 3.41. The van der Waals surface area contributed by atoms with E-state index in [4.69, 9.17) is 5.73 Å². The molecular weight excluding hydrogens is 299 g/mol. The predicted molar refractivity (Wildman–Crippen MR) is 60.6 cm³/mol. The molecule has 0 aliphatic heterocycles. The number of hydrogen-bond acceptors (Lipinski definition) is 2. The van der Waals surface area contributed by atoms with Crippen LogP contribution in [0.3, 0.4) is 0 Å². The smallest absolute Gasteiger partial charge is 0.175 e. The van der Waals surface area contributed by atoms with E-state index in [0.29, 0.717) is 0 Å². The van der Waals surface area contributed by atoms with E-state index in [1.807, 2.05) is 0 Å². The lowest BCUT2D eigenvalue weighted by Crippen LogP contribution is -2.00. The van der Waals surface area contributed by atoms with E-state index in [2.05, 4.69) is 21.0 Å². The van der Waals surface area contributed by atoms with Gasteiger partial charge in [0.25, 0.3) is 0 Å². The fourth-order valence-corrected chi connectivity index (χ4v) is 1.83. The molecule has 0 radical (unpaired) electrons. The first-order chi connectivity index (χ1) is 7.93. The van der Waals surface area contributed by atoms with Crippen molar-refractivity contribution in [2.75, 3.05) is 5.73 Å². The molecule has 7 heteroatoms. The Hall–Kier alpha value is -1.50. The van der Waals surface area contributed by atoms with Crippen LogP contribution < -0.4 is 5.73 Å². The zero-order valence-electron chi connectivity index (χ0n) is 8.64. The SMILES string of the molecule is Cn1ncc(-c2cc(F)c(F)c(Br)c2F)c1N. The van der Waals surface area contributed by atoms with Crippen LogP contribution >= 0.6 is 15.9 Å². The highest BCUT2D eigenvalue weighted by molar-refractivity contribution is 9.10. The summed E-state index contributed by atoms with van der Waals surface area (Å²) in [4.78, 5) is 0. The minimum absolute atomic E-state index is 0.138. The van der Waals surface area contributed by atoms with E-state index in [1.165, 1.54) is 10.9 Å². The Labute approximate surface area is 103 Å². The van der Waals surface area contributed by atoms with E-state index in [1.54, 1.807) is 7.05 Å². The highest BCUT2D eigenvalue weighted by atomic mass is 79.9. The van der Waals surface area contributed by atoms with E-state index in [9.17, 15) is 13.2 Å². The maximum absolute atomic E-state index is 13.8. The number of rotatable bonds is 1. The van der Waals surface area contributed by atoms with Gasteiger partial charge >= 0.3 is 0 Å². The van der Waals surface area contributed by atoms with E-state index >= 15 is 0 Å². The summed E-state index contributed by atoms with van der Waals surface area (Å²) < 4.78 is 40.8. The van der Waals surface area contributed by atoms with Gasteiger partial charge in [-0.3, -0.25) is 4.68 Å². The van der Waals surface area contributed by atoms with Crippen LogP contribution in [0, 0.1) is 17.5 Å². The number of anilines is 1. The zero-order valence-corrected chi connectivity index (χ0v) is 10.2. The number of halogens is 4. The summed E-state index contributed by atoms with van der Waals surface area (Å²) in [5.41, 5.74) is 5.72. The topological polar surface area (TPSA) is 43.8 Å². The summed E-state index contributed by atoms with van der Waals surface area (Å²) in [6.07, 6.45) is 1.29. The average Bonchev–Trinajstić information content (AvgIpc) is 2.62. The molecule has 1 aromatic heterocycles. The van der Waals surface area contributed by atoms with Gasteiger partial charge in [0, 0.05) is 18.2 Å². The number of hydrogen-bond donors (Lipinski definition) is 1. The Morgan fingerprint density at radius 1 is 1.24 bits per heavy atom. The number of nitrogens with zero attached hydrogens (tertiary/aromatic N) is 2. The quantitative estimate of drug-likeness (QED) is 0.650. The summed E-state index contributed by atoms with van der Waals surface area (Å²) in [5, 5.41) is 3.81. The molecule has 0 atom stereocenters. The molecule has 0 amide bonds. The van der Waals surface area contributed by atoms with Gasteiger partial charge in [-0.1, -0.05) is 0 Å². The third kappa shape index (κ3) is 1.80. The summed E-state index contributed by atoms with van der Waals surface area (Å²) >= 11 is 2.65. The van der Waals surface area contributed by atoms with Crippen LogP contribution in [0.5, 0.6) is 0 Å². The highest BCUT2D eigenvalue weighted by Crippen LogP contribution is 2.34. The van der Waals surface area contributed by atoms with Crippen LogP contribution in [0.1, 0.15) is 0 Å². The van der Waals surface area contributed by atoms with E-state index in [0.717, 1.165) is 6.07 Å². The maximum atomic E-state index is 13.8. The largest absolute Gasteiger partial charge is 0.383 e. The van der Waals surface area contributed by atoms with Crippen molar-refractivity contribution in [3.05, 3.63) is 34.2 Å². The van der Waals surface area contributed by atoms with E-state index < -0.39 is 21.9 Å². The van der Waals surface area contributed by atoms with Crippen molar-refractivity contribution in [3.63, 3.8) is 0 Å². The van der Waals surface area contributed by atoms with Crippen LogP contribution in [-0.2, 0) is 7.05 Å². The lowest BCUT2D eigenvalue weighted by atomic mass is 10.1. The molecule has 0 aliphatic rings. The van der Waals surface area contributed by atoms with Crippen molar-refractivity contribution in [1.82, 2.24) is 9.78 Å². The molecule has 0 saturated carbocycles. The van der Waals surface area contributed by atoms with Gasteiger partial charge in [0.1, 0.15) is 11.6 Å².